The first-order chi connectivity index (χ1) is 18.1. The molecular weight excluding hydrogens is 494 g/mol. The van der Waals surface area contributed by atoms with E-state index in [2.05, 4.69) is 30.3 Å². The van der Waals surface area contributed by atoms with E-state index in [1.165, 1.54) is 19.2 Å². The summed E-state index contributed by atoms with van der Waals surface area (Å²) in [5, 5.41) is 16.0. The Morgan fingerprint density at radius 1 is 0.947 bits per heavy atom. The normalized spacial score (nSPS) is 23.6. The van der Waals surface area contributed by atoms with Gasteiger partial charge in [0.1, 0.15) is 12.2 Å². The molecule has 4 rings (SSSR count). The van der Waals surface area contributed by atoms with E-state index >= 15 is 0 Å². The number of hydrogen-bond donors (Lipinski definition) is 7. The molecule has 2 saturated heterocycles. The zero-order chi connectivity index (χ0) is 27.4. The van der Waals surface area contributed by atoms with E-state index in [1.54, 1.807) is 6.07 Å². The minimum atomic E-state index is -0.687. The van der Waals surface area contributed by atoms with Gasteiger partial charge in [0.2, 0.25) is 23.8 Å². The van der Waals surface area contributed by atoms with Gasteiger partial charge in [-0.2, -0.15) is 15.0 Å². The first-order valence-corrected chi connectivity index (χ1v) is 12.3. The predicted octanol–water partition coefficient (Wildman–Crippen LogP) is -1.45. The number of hydrogen-bond acceptors (Lipinski definition) is 14. The summed E-state index contributed by atoms with van der Waals surface area (Å²) in [5.41, 5.74) is 25.4. The number of phenols is 1. The molecule has 0 aliphatic carbocycles. The average Bonchev–Trinajstić information content (AvgIpc) is 2.84. The average molecular weight is 530 g/mol. The Morgan fingerprint density at radius 3 is 1.95 bits per heavy atom. The van der Waals surface area contributed by atoms with Crippen molar-refractivity contribution in [2.45, 2.75) is 43.4 Å². The molecule has 4 atom stereocenters. The molecule has 0 bridgehead atoms. The highest BCUT2D eigenvalue weighted by Gasteiger charge is 2.29. The van der Waals surface area contributed by atoms with Crippen molar-refractivity contribution in [2.75, 3.05) is 53.7 Å². The number of carbonyl (C=O) groups is 2. The Hall–Kier alpha value is -3.79. The third-order valence-corrected chi connectivity index (χ3v) is 6.27. The molecule has 2 aliphatic heterocycles. The first-order valence-electron chi connectivity index (χ1n) is 12.3. The number of benzene rings is 1. The van der Waals surface area contributed by atoms with Gasteiger partial charge in [0, 0.05) is 62.1 Å². The van der Waals surface area contributed by atoms with E-state index in [0.29, 0.717) is 56.6 Å². The molecule has 0 saturated carbocycles. The third kappa shape index (κ3) is 6.95. The second-order valence-electron chi connectivity index (χ2n) is 9.74. The van der Waals surface area contributed by atoms with E-state index in [-0.39, 0.29) is 41.6 Å². The number of aromatic hydroxyl groups is 1. The van der Waals surface area contributed by atoms with Gasteiger partial charge >= 0.3 is 5.97 Å². The molecule has 2 fully saturated rings. The van der Waals surface area contributed by atoms with E-state index in [4.69, 9.17) is 22.9 Å². The predicted molar refractivity (Wildman–Crippen MR) is 142 cm³/mol. The highest BCUT2D eigenvalue weighted by atomic mass is 16.5. The van der Waals surface area contributed by atoms with Crippen LogP contribution in [0.4, 0.5) is 29.2 Å². The fourth-order valence-corrected chi connectivity index (χ4v) is 4.62. The molecule has 0 spiro atoms. The fourth-order valence-electron chi connectivity index (χ4n) is 4.62. The number of carbonyl (C=O) groups excluding carboxylic acids is 2. The van der Waals surface area contributed by atoms with Crippen LogP contribution in [0.25, 0.3) is 0 Å². The smallest absolute Gasteiger partial charge is 0.315 e. The van der Waals surface area contributed by atoms with Crippen molar-refractivity contribution in [2.24, 2.45) is 22.9 Å². The number of piperidine rings is 2. The second kappa shape index (κ2) is 11.7. The largest absolute Gasteiger partial charge is 0.506 e. The highest BCUT2D eigenvalue weighted by molar-refractivity contribution is 6.02. The Morgan fingerprint density at radius 2 is 1.47 bits per heavy atom. The van der Waals surface area contributed by atoms with Gasteiger partial charge in [0.05, 0.1) is 12.8 Å². The molecule has 2 aliphatic rings. The minimum absolute atomic E-state index is 0.119. The van der Waals surface area contributed by atoms with Gasteiger partial charge in [-0.15, -0.1) is 0 Å². The fraction of sp³-hybridized carbons (Fsp3) is 0.522. The van der Waals surface area contributed by atoms with Crippen molar-refractivity contribution in [1.82, 2.24) is 15.0 Å². The Labute approximate surface area is 219 Å². The van der Waals surface area contributed by atoms with Crippen LogP contribution in [0.3, 0.4) is 0 Å². The van der Waals surface area contributed by atoms with E-state index in [1.807, 2.05) is 9.80 Å². The quantitative estimate of drug-likeness (QED) is 0.123. The minimum Gasteiger partial charge on any atom is -0.506 e. The summed E-state index contributed by atoms with van der Waals surface area (Å²) in [5.74, 6) is -0.474. The van der Waals surface area contributed by atoms with Crippen LogP contribution < -0.4 is 43.4 Å². The van der Waals surface area contributed by atoms with Crippen LogP contribution in [0.5, 0.6) is 5.75 Å². The lowest BCUT2D eigenvalue weighted by Gasteiger charge is -2.37. The summed E-state index contributed by atoms with van der Waals surface area (Å²) in [6, 6.07) is 4.03. The van der Waals surface area contributed by atoms with Crippen LogP contribution in [0, 0.1) is 0 Å². The number of ether oxygens (including phenoxy) is 1. The Bertz CT molecular complexity index is 1100. The molecule has 3 heterocycles. The zero-order valence-corrected chi connectivity index (χ0v) is 21.2. The van der Waals surface area contributed by atoms with Gasteiger partial charge in [0.25, 0.3) is 0 Å². The summed E-state index contributed by atoms with van der Waals surface area (Å²) in [4.78, 5) is 41.0. The summed E-state index contributed by atoms with van der Waals surface area (Å²) in [7, 11) is 1.19. The lowest BCUT2D eigenvalue weighted by atomic mass is 10.0. The molecule has 0 radical (unpaired) electrons. The van der Waals surface area contributed by atoms with Gasteiger partial charge in [-0.25, -0.2) is 0 Å². The molecule has 15 nitrogen and oxygen atoms in total. The van der Waals surface area contributed by atoms with Crippen LogP contribution in [0.2, 0.25) is 0 Å². The van der Waals surface area contributed by atoms with Crippen molar-refractivity contribution in [3.05, 3.63) is 18.2 Å². The van der Waals surface area contributed by atoms with Crippen LogP contribution in [-0.2, 0) is 14.3 Å². The third-order valence-electron chi connectivity index (χ3n) is 6.27. The molecule has 2 aromatic rings. The summed E-state index contributed by atoms with van der Waals surface area (Å²) < 4.78 is 4.48. The summed E-state index contributed by atoms with van der Waals surface area (Å²) >= 11 is 0. The van der Waals surface area contributed by atoms with Gasteiger partial charge in [-0.05, 0) is 25.0 Å². The lowest BCUT2D eigenvalue weighted by Crippen LogP contribution is -2.54. The monoisotopic (exact) mass is 529 g/mol. The molecule has 15 heteroatoms. The van der Waals surface area contributed by atoms with Gasteiger partial charge in [-0.1, -0.05) is 0 Å². The van der Waals surface area contributed by atoms with Crippen LogP contribution >= 0.6 is 0 Å². The van der Waals surface area contributed by atoms with Crippen molar-refractivity contribution in [1.29, 1.82) is 0 Å². The number of amides is 1. The standard InChI is InChI=1S/C23H35N11O4/c1-38-20(37)7-19(36)29-17-3-2-16(6-18(17)35)28-21-30-22(33-8-12(24)4-13(25)9-33)32-23(31-21)34-10-14(26)5-15(27)11-34/h2-3,6,12-15,35H,4-5,7-11,24-27H2,1H3,(H,29,36)(H,28,30,31,32)/t12-,13+,14-,15+. The Balaban J connectivity index is 1.58. The van der Waals surface area contributed by atoms with Crippen LogP contribution in [0.1, 0.15) is 19.3 Å². The molecular formula is C23H35N11O4. The summed E-state index contributed by atoms with van der Waals surface area (Å²) in [6.45, 7) is 2.15. The van der Waals surface area contributed by atoms with E-state index in [0.717, 1.165) is 0 Å². The van der Waals surface area contributed by atoms with Crippen LogP contribution in [0.15, 0.2) is 18.2 Å². The number of phenolic OH excluding ortho intramolecular Hbond substituents is 1. The molecule has 11 N–H and O–H groups in total. The number of rotatable bonds is 7. The summed E-state index contributed by atoms with van der Waals surface area (Å²) in [6.07, 6.45) is 0.939. The maximum absolute atomic E-state index is 12.0. The van der Waals surface area contributed by atoms with Gasteiger partial charge in [-0.3, -0.25) is 9.59 Å². The van der Waals surface area contributed by atoms with E-state index in [9.17, 15) is 14.7 Å². The number of esters is 1. The van der Waals surface area contributed by atoms with E-state index < -0.39 is 18.3 Å². The van der Waals surface area contributed by atoms with Crippen molar-refractivity contribution in [3.8, 4) is 5.75 Å². The molecule has 38 heavy (non-hydrogen) atoms. The number of nitrogens with zero attached hydrogens (tertiary/aromatic N) is 5. The second-order valence-corrected chi connectivity index (χ2v) is 9.74. The van der Waals surface area contributed by atoms with Crippen molar-refractivity contribution in [3.63, 3.8) is 0 Å². The molecule has 1 amide bonds. The number of methoxy groups -OCH3 is 1. The van der Waals surface area contributed by atoms with Gasteiger partial charge in [0.15, 0.2) is 0 Å². The highest BCUT2D eigenvalue weighted by Crippen LogP contribution is 2.29. The van der Waals surface area contributed by atoms with Gasteiger partial charge < -0.3 is 53.2 Å². The topological polar surface area (TPSA) is 237 Å². The van der Waals surface area contributed by atoms with Crippen molar-refractivity contribution < 1.29 is 19.4 Å². The maximum atomic E-state index is 12.0. The van der Waals surface area contributed by atoms with Crippen LogP contribution in [-0.4, -0.2) is 89.4 Å². The maximum Gasteiger partial charge on any atom is 0.315 e. The number of aromatic nitrogens is 3. The number of anilines is 5. The molecule has 0 unspecified atom stereocenters. The molecule has 206 valence electrons. The first kappa shape index (κ1) is 27.3. The zero-order valence-electron chi connectivity index (χ0n) is 21.2. The Kier molecular flexibility index (Phi) is 8.41. The number of nitrogens with one attached hydrogen (secondary N) is 2. The molecule has 1 aromatic heterocycles. The molecule has 1 aromatic carbocycles. The number of nitrogens with two attached hydrogens (primary N) is 4. The van der Waals surface area contributed by atoms with Crippen molar-refractivity contribution >= 4 is 41.1 Å². The SMILES string of the molecule is COC(=O)CC(=O)Nc1ccc(Nc2nc(N3C[C@H](N)C[C@H](N)C3)nc(N3C[C@H](N)C[C@H](N)C3)n2)cc1O. The lowest BCUT2D eigenvalue weighted by molar-refractivity contribution is -0.142.